The van der Waals surface area contributed by atoms with Gasteiger partial charge in [0.05, 0.1) is 11.3 Å². The normalized spacial score (nSPS) is 26.6. The van der Waals surface area contributed by atoms with Gasteiger partial charge in [0.25, 0.3) is 0 Å². The molecule has 1 aromatic heterocycles. The van der Waals surface area contributed by atoms with Gasteiger partial charge in [-0.1, -0.05) is 24.6 Å². The summed E-state index contributed by atoms with van der Waals surface area (Å²) < 4.78 is 41.5. The molecule has 1 saturated heterocycles. The Balaban J connectivity index is 1.60. The molecule has 0 spiro atoms. The van der Waals surface area contributed by atoms with Gasteiger partial charge in [0, 0.05) is 24.7 Å². The van der Waals surface area contributed by atoms with Crippen LogP contribution in [0.15, 0.2) is 47.4 Å². The molecule has 7 heteroatoms. The second kappa shape index (κ2) is 6.63. The molecular formula is C19H21FN2O3S. The summed E-state index contributed by atoms with van der Waals surface area (Å²) in [6, 6.07) is 9.09. The molecule has 26 heavy (non-hydrogen) atoms. The van der Waals surface area contributed by atoms with E-state index in [-0.39, 0.29) is 23.3 Å². The van der Waals surface area contributed by atoms with Crippen LogP contribution in [-0.4, -0.2) is 29.5 Å². The van der Waals surface area contributed by atoms with Crippen LogP contribution in [0.5, 0.6) is 0 Å². The molecule has 2 fully saturated rings. The van der Waals surface area contributed by atoms with E-state index in [0.717, 1.165) is 30.4 Å². The van der Waals surface area contributed by atoms with Crippen molar-refractivity contribution in [3.8, 4) is 0 Å². The van der Waals surface area contributed by atoms with E-state index in [0.29, 0.717) is 13.0 Å². The third-order valence-electron chi connectivity index (χ3n) is 5.36. The first kappa shape index (κ1) is 17.4. The summed E-state index contributed by atoms with van der Waals surface area (Å²) in [4.78, 5) is 13.9. The Hall–Kier alpha value is -1.99. The first-order valence-corrected chi connectivity index (χ1v) is 10.4. The summed E-state index contributed by atoms with van der Waals surface area (Å²) in [5, 5.41) is -0.493. The van der Waals surface area contributed by atoms with E-state index in [1.165, 1.54) is 18.2 Å². The lowest BCUT2D eigenvalue weighted by atomic mass is 9.99. The molecule has 0 bridgehead atoms. The maximum absolute atomic E-state index is 13.5. The van der Waals surface area contributed by atoms with Gasteiger partial charge in [0.15, 0.2) is 0 Å². The van der Waals surface area contributed by atoms with Crippen LogP contribution < -0.4 is 5.56 Å². The topological polar surface area (TPSA) is 70.2 Å². The average Bonchev–Trinajstić information content (AvgIpc) is 3.44. The van der Waals surface area contributed by atoms with Crippen LogP contribution in [0.25, 0.3) is 0 Å². The van der Waals surface area contributed by atoms with E-state index in [4.69, 9.17) is 0 Å². The van der Waals surface area contributed by atoms with Gasteiger partial charge >= 0.3 is 0 Å². The zero-order valence-corrected chi connectivity index (χ0v) is 15.1. The van der Waals surface area contributed by atoms with Crippen molar-refractivity contribution in [2.24, 2.45) is 0 Å². The van der Waals surface area contributed by atoms with Crippen LogP contribution in [0.3, 0.4) is 0 Å². The molecule has 1 N–H and O–H groups in total. The first-order valence-electron chi connectivity index (χ1n) is 8.91. The van der Waals surface area contributed by atoms with E-state index in [2.05, 4.69) is 4.98 Å². The van der Waals surface area contributed by atoms with Crippen LogP contribution in [-0.2, 0) is 10.0 Å². The lowest BCUT2D eigenvalue weighted by molar-refractivity contribution is 0.255. The minimum atomic E-state index is -3.49. The van der Waals surface area contributed by atoms with Crippen LogP contribution in [0.1, 0.15) is 48.8 Å². The summed E-state index contributed by atoms with van der Waals surface area (Å²) in [5.74, 6) is -0.483. The minimum Gasteiger partial charge on any atom is -0.329 e. The Morgan fingerprint density at radius 3 is 2.69 bits per heavy atom. The average molecular weight is 376 g/mol. The fraction of sp³-hybridized carbons (Fsp3) is 0.421. The van der Waals surface area contributed by atoms with Crippen molar-refractivity contribution >= 4 is 10.0 Å². The number of aromatic amines is 1. The highest BCUT2D eigenvalue weighted by Crippen LogP contribution is 2.49. The van der Waals surface area contributed by atoms with Gasteiger partial charge in [-0.05, 0) is 42.5 Å². The number of halogens is 1. The van der Waals surface area contributed by atoms with Crippen molar-refractivity contribution in [2.75, 3.05) is 6.54 Å². The quantitative estimate of drug-likeness (QED) is 0.892. The molecule has 2 aliphatic rings. The summed E-state index contributed by atoms with van der Waals surface area (Å²) in [6.07, 6.45) is 4.66. The number of aromatic nitrogens is 1. The van der Waals surface area contributed by atoms with Gasteiger partial charge in [-0.25, -0.2) is 12.8 Å². The van der Waals surface area contributed by atoms with Gasteiger partial charge in [-0.15, -0.1) is 0 Å². The smallest absolute Gasteiger partial charge is 0.247 e. The predicted molar refractivity (Wildman–Crippen MR) is 96.8 cm³/mol. The fourth-order valence-electron chi connectivity index (χ4n) is 3.94. The first-order chi connectivity index (χ1) is 12.5. The second-order valence-electron chi connectivity index (χ2n) is 7.09. The van der Waals surface area contributed by atoms with Crippen molar-refractivity contribution < 1.29 is 12.8 Å². The molecule has 0 amide bonds. The molecule has 2 aromatic rings. The lowest BCUT2D eigenvalue weighted by Gasteiger charge is -2.35. The van der Waals surface area contributed by atoms with Gasteiger partial charge < -0.3 is 4.98 Å². The van der Waals surface area contributed by atoms with Crippen LogP contribution in [0, 0.1) is 5.82 Å². The highest BCUT2D eigenvalue weighted by atomic mass is 32.2. The zero-order chi connectivity index (χ0) is 18.3. The number of hydrogen-bond donors (Lipinski definition) is 1. The number of piperidine rings is 1. The van der Waals surface area contributed by atoms with Gasteiger partial charge in [-0.3, -0.25) is 4.79 Å². The van der Waals surface area contributed by atoms with Crippen molar-refractivity contribution in [1.82, 2.24) is 9.29 Å². The number of pyridine rings is 1. The number of benzene rings is 1. The number of sulfonamides is 1. The standard InChI is InChI=1S/C19H21FN2O3S/c20-15-5-3-4-13(10-15)16-11-18(16)26(24,25)22-9-2-1-6-17(22)14-7-8-19(23)21-12-14/h3-5,7-8,10,12,16-18H,1-2,6,9,11H2,(H,21,23). The molecule has 0 radical (unpaired) electrons. The minimum absolute atomic E-state index is 0.145. The van der Waals surface area contributed by atoms with Crippen molar-refractivity contribution in [3.05, 3.63) is 69.9 Å². The Labute approximate surface area is 151 Å². The molecule has 4 rings (SSSR count). The highest BCUT2D eigenvalue weighted by molar-refractivity contribution is 7.90. The Kier molecular flexibility index (Phi) is 4.44. The third kappa shape index (κ3) is 3.21. The number of nitrogens with one attached hydrogen (secondary N) is 1. The third-order valence-corrected chi connectivity index (χ3v) is 7.74. The van der Waals surface area contributed by atoms with E-state index in [9.17, 15) is 17.6 Å². The number of H-pyrrole nitrogens is 1. The SMILES string of the molecule is O=c1ccc(C2CCCCN2S(=O)(=O)C2CC2c2cccc(F)c2)c[nH]1. The molecule has 1 aliphatic carbocycles. The molecule has 138 valence electrons. The Bertz CT molecular complexity index is 952. The van der Waals surface area contributed by atoms with Crippen LogP contribution in [0.2, 0.25) is 0 Å². The Morgan fingerprint density at radius 1 is 1.12 bits per heavy atom. The highest BCUT2D eigenvalue weighted by Gasteiger charge is 2.52. The molecule has 1 saturated carbocycles. The summed E-state index contributed by atoms with van der Waals surface area (Å²) in [7, 11) is -3.49. The van der Waals surface area contributed by atoms with Crippen LogP contribution in [0.4, 0.5) is 4.39 Å². The van der Waals surface area contributed by atoms with E-state index in [1.54, 1.807) is 28.7 Å². The molecule has 5 nitrogen and oxygen atoms in total. The second-order valence-corrected chi connectivity index (χ2v) is 9.19. The van der Waals surface area contributed by atoms with Crippen molar-refractivity contribution in [3.63, 3.8) is 0 Å². The largest absolute Gasteiger partial charge is 0.329 e. The molecule has 1 aliphatic heterocycles. The maximum atomic E-state index is 13.5. The predicted octanol–water partition coefficient (Wildman–Crippen LogP) is 2.93. The summed E-state index contributed by atoms with van der Waals surface area (Å²) in [6.45, 7) is 0.485. The van der Waals surface area contributed by atoms with E-state index < -0.39 is 15.3 Å². The van der Waals surface area contributed by atoms with Crippen molar-refractivity contribution in [1.29, 1.82) is 0 Å². The van der Waals surface area contributed by atoms with E-state index >= 15 is 0 Å². The number of hydrogen-bond acceptors (Lipinski definition) is 3. The molecule has 3 atom stereocenters. The van der Waals surface area contributed by atoms with Gasteiger partial charge in [-0.2, -0.15) is 4.31 Å². The monoisotopic (exact) mass is 376 g/mol. The summed E-state index contributed by atoms with van der Waals surface area (Å²) >= 11 is 0. The Morgan fingerprint density at radius 2 is 1.96 bits per heavy atom. The van der Waals surface area contributed by atoms with Crippen LogP contribution >= 0.6 is 0 Å². The molecule has 1 aromatic carbocycles. The number of nitrogens with zero attached hydrogens (tertiary/aromatic N) is 1. The fourth-order valence-corrected chi connectivity index (χ4v) is 6.27. The molecule has 2 heterocycles. The molecular weight excluding hydrogens is 355 g/mol. The van der Waals surface area contributed by atoms with Crippen molar-refractivity contribution in [2.45, 2.75) is 42.9 Å². The maximum Gasteiger partial charge on any atom is 0.247 e. The summed E-state index contributed by atoms with van der Waals surface area (Å²) in [5.41, 5.74) is 1.36. The number of rotatable bonds is 4. The molecule has 3 unspecified atom stereocenters. The van der Waals surface area contributed by atoms with Gasteiger partial charge in [0.2, 0.25) is 15.6 Å². The zero-order valence-electron chi connectivity index (χ0n) is 14.3. The lowest BCUT2D eigenvalue weighted by Crippen LogP contribution is -2.40. The van der Waals surface area contributed by atoms with Gasteiger partial charge in [0.1, 0.15) is 5.82 Å². The van der Waals surface area contributed by atoms with E-state index in [1.807, 2.05) is 0 Å².